The number of nitrogens with zero attached hydrogens (tertiary/aromatic N) is 1. The van der Waals surface area contributed by atoms with E-state index in [2.05, 4.69) is 6.07 Å². The van der Waals surface area contributed by atoms with Crippen LogP contribution in [0.2, 0.25) is 0 Å². The molecule has 0 N–H and O–H groups in total. The van der Waals surface area contributed by atoms with Gasteiger partial charge in [-0.1, -0.05) is 34.1 Å². The van der Waals surface area contributed by atoms with Crippen molar-refractivity contribution in [1.29, 1.82) is 5.26 Å². The Morgan fingerprint density at radius 3 is 1.96 bits per heavy atom. The zero-order chi connectivity index (χ0) is 18.0. The third-order valence-electron chi connectivity index (χ3n) is 3.77. The maximum atomic E-state index is 12.6. The highest BCUT2D eigenvalue weighted by molar-refractivity contribution is 5.88. The number of rotatable bonds is 10. The summed E-state index contributed by atoms with van der Waals surface area (Å²) in [4.78, 5) is 25.0. The third-order valence-corrected chi connectivity index (χ3v) is 3.77. The van der Waals surface area contributed by atoms with Crippen molar-refractivity contribution in [2.45, 2.75) is 60.8 Å². The lowest BCUT2D eigenvalue weighted by Gasteiger charge is -2.33. The fourth-order valence-corrected chi connectivity index (χ4v) is 2.75. The predicted molar refractivity (Wildman–Crippen MR) is 88.3 cm³/mol. The lowest BCUT2D eigenvalue weighted by Crippen LogP contribution is -2.44. The fourth-order valence-electron chi connectivity index (χ4n) is 2.75. The highest BCUT2D eigenvalue weighted by Gasteiger charge is 2.51. The van der Waals surface area contributed by atoms with E-state index >= 15 is 0 Å². The van der Waals surface area contributed by atoms with Gasteiger partial charge in [0.2, 0.25) is 0 Å². The van der Waals surface area contributed by atoms with Crippen molar-refractivity contribution in [1.82, 2.24) is 0 Å². The molecule has 0 aliphatic carbocycles. The molecule has 0 fully saturated rings. The number of esters is 2. The number of carbonyl (C=O) groups excluding carboxylic acids is 2. The maximum Gasteiger partial charge on any atom is 0.327 e. The van der Waals surface area contributed by atoms with Crippen LogP contribution in [0.1, 0.15) is 60.8 Å². The molecule has 132 valence electrons. The quantitative estimate of drug-likeness (QED) is 0.572. The van der Waals surface area contributed by atoms with E-state index < -0.39 is 23.3 Å². The molecule has 23 heavy (non-hydrogen) atoms. The van der Waals surface area contributed by atoms with Crippen LogP contribution in [0.15, 0.2) is 0 Å². The lowest BCUT2D eigenvalue weighted by atomic mass is 9.69. The van der Waals surface area contributed by atoms with Crippen molar-refractivity contribution in [2.24, 2.45) is 23.2 Å². The number of ether oxygens (including phenoxy) is 2. The van der Waals surface area contributed by atoms with E-state index in [0.29, 0.717) is 12.3 Å². The molecule has 0 spiro atoms. The van der Waals surface area contributed by atoms with E-state index in [-0.39, 0.29) is 25.6 Å². The molecule has 2 atom stereocenters. The zero-order valence-electron chi connectivity index (χ0n) is 15.3. The van der Waals surface area contributed by atoms with Crippen molar-refractivity contribution < 1.29 is 19.1 Å². The van der Waals surface area contributed by atoms with Crippen LogP contribution in [0.4, 0.5) is 0 Å². The molecule has 0 radical (unpaired) electrons. The van der Waals surface area contributed by atoms with Gasteiger partial charge in [-0.3, -0.25) is 9.59 Å². The summed E-state index contributed by atoms with van der Waals surface area (Å²) in [5, 5.41) is 9.82. The van der Waals surface area contributed by atoms with Gasteiger partial charge in [-0.2, -0.15) is 5.26 Å². The molecule has 0 aromatic rings. The normalized spacial score (nSPS) is 14.9. The lowest BCUT2D eigenvalue weighted by molar-refractivity contribution is -0.167. The number of hydrogen-bond donors (Lipinski definition) is 0. The Hall–Kier alpha value is -1.57. The Balaban J connectivity index is 5.80. The molecule has 0 heterocycles. The number of carbonyl (C=O) groups is 2. The molecule has 0 saturated heterocycles. The Morgan fingerprint density at radius 2 is 1.57 bits per heavy atom. The van der Waals surface area contributed by atoms with Crippen LogP contribution in [0.5, 0.6) is 0 Å². The van der Waals surface area contributed by atoms with Gasteiger partial charge in [0.15, 0.2) is 5.41 Å². The van der Waals surface area contributed by atoms with Crippen molar-refractivity contribution in [2.75, 3.05) is 13.2 Å². The number of nitriles is 1. The largest absolute Gasteiger partial charge is 0.466 e. The van der Waals surface area contributed by atoms with Crippen LogP contribution < -0.4 is 0 Å². The Morgan fingerprint density at radius 1 is 1.00 bits per heavy atom. The van der Waals surface area contributed by atoms with Crippen molar-refractivity contribution in [3.8, 4) is 6.07 Å². The summed E-state index contributed by atoms with van der Waals surface area (Å²) in [5.74, 6) is -1.45. The summed E-state index contributed by atoms with van der Waals surface area (Å²) >= 11 is 0. The van der Waals surface area contributed by atoms with Gasteiger partial charge >= 0.3 is 11.9 Å². The molecule has 0 bridgehead atoms. The van der Waals surface area contributed by atoms with Crippen LogP contribution in [-0.2, 0) is 19.1 Å². The topological polar surface area (TPSA) is 76.4 Å². The molecule has 0 aromatic carbocycles. The first-order valence-corrected chi connectivity index (χ1v) is 8.50. The Kier molecular flexibility index (Phi) is 9.55. The van der Waals surface area contributed by atoms with Crippen LogP contribution in [0.3, 0.4) is 0 Å². The molecular weight excluding hydrogens is 294 g/mol. The molecule has 5 nitrogen and oxygen atoms in total. The second-order valence-corrected chi connectivity index (χ2v) is 6.68. The van der Waals surface area contributed by atoms with Gasteiger partial charge in [0.05, 0.1) is 25.2 Å². The predicted octanol–water partition coefficient (Wildman–Crippen LogP) is 3.72. The van der Waals surface area contributed by atoms with Gasteiger partial charge in [-0.05, 0) is 38.5 Å². The molecule has 0 aliphatic rings. The highest BCUT2D eigenvalue weighted by Crippen LogP contribution is 2.40. The molecule has 0 rings (SSSR count). The van der Waals surface area contributed by atoms with E-state index in [1.54, 1.807) is 13.8 Å². The molecule has 2 unspecified atom stereocenters. The minimum atomic E-state index is -1.48. The van der Waals surface area contributed by atoms with Gasteiger partial charge in [-0.25, -0.2) is 0 Å². The van der Waals surface area contributed by atoms with Crippen LogP contribution in [-0.4, -0.2) is 25.2 Å². The minimum Gasteiger partial charge on any atom is -0.466 e. The minimum absolute atomic E-state index is 0.0787. The fraction of sp³-hybridized carbons (Fsp3) is 0.833. The van der Waals surface area contributed by atoms with Crippen molar-refractivity contribution in [3.05, 3.63) is 0 Å². The number of hydrogen-bond acceptors (Lipinski definition) is 5. The molecule has 0 saturated carbocycles. The van der Waals surface area contributed by atoms with Gasteiger partial charge in [0.1, 0.15) is 0 Å². The van der Waals surface area contributed by atoms with E-state index in [0.717, 1.165) is 6.42 Å². The summed E-state index contributed by atoms with van der Waals surface area (Å²) in [5.41, 5.74) is -1.48. The average molecular weight is 325 g/mol. The van der Waals surface area contributed by atoms with Crippen molar-refractivity contribution >= 4 is 11.9 Å². The van der Waals surface area contributed by atoms with Crippen LogP contribution in [0.25, 0.3) is 0 Å². The second kappa shape index (κ2) is 10.3. The summed E-state index contributed by atoms with van der Waals surface area (Å²) in [6.07, 6.45) is 1.46. The molecule has 0 aromatic heterocycles. The summed E-state index contributed by atoms with van der Waals surface area (Å²) in [6.45, 7) is 11.8. The molecule has 0 aliphatic heterocycles. The first kappa shape index (κ1) is 21.4. The van der Waals surface area contributed by atoms with E-state index in [4.69, 9.17) is 9.47 Å². The van der Waals surface area contributed by atoms with E-state index in [1.165, 1.54) is 0 Å². The van der Waals surface area contributed by atoms with E-state index in [1.807, 2.05) is 27.7 Å². The highest BCUT2D eigenvalue weighted by atomic mass is 16.5. The average Bonchev–Trinajstić information content (AvgIpc) is 2.45. The summed E-state index contributed by atoms with van der Waals surface area (Å²) in [6, 6.07) is 2.12. The van der Waals surface area contributed by atoms with Gasteiger partial charge < -0.3 is 9.47 Å². The molecule has 0 amide bonds. The summed E-state index contributed by atoms with van der Waals surface area (Å²) in [7, 11) is 0. The smallest absolute Gasteiger partial charge is 0.327 e. The standard InChI is InChI=1S/C18H31NO4/c1-7-22-16(20)15(10-9-13(3)4)18(12-19,11-14(5)6)17(21)23-8-2/h13-15H,7-11H2,1-6H3. The van der Waals surface area contributed by atoms with Crippen molar-refractivity contribution in [3.63, 3.8) is 0 Å². The van der Waals surface area contributed by atoms with E-state index in [9.17, 15) is 14.9 Å². The molecular formula is C18H31NO4. The van der Waals surface area contributed by atoms with Gasteiger partial charge in [0, 0.05) is 0 Å². The second-order valence-electron chi connectivity index (χ2n) is 6.68. The van der Waals surface area contributed by atoms with Gasteiger partial charge in [-0.15, -0.1) is 0 Å². The molecule has 5 heteroatoms. The van der Waals surface area contributed by atoms with Gasteiger partial charge in [0.25, 0.3) is 0 Å². The first-order valence-electron chi connectivity index (χ1n) is 8.50. The Labute approximate surface area is 140 Å². The Bertz CT molecular complexity index is 425. The maximum absolute atomic E-state index is 12.6. The van der Waals surface area contributed by atoms with Crippen LogP contribution in [0, 0.1) is 34.5 Å². The van der Waals surface area contributed by atoms with Crippen LogP contribution >= 0.6 is 0 Å². The summed E-state index contributed by atoms with van der Waals surface area (Å²) < 4.78 is 10.3. The SMILES string of the molecule is CCOC(=O)C(CCC(C)C)C(C#N)(CC(C)C)C(=O)OCC. The first-order chi connectivity index (χ1) is 10.7. The zero-order valence-corrected chi connectivity index (χ0v) is 15.3. The monoisotopic (exact) mass is 325 g/mol. The third kappa shape index (κ3) is 6.21.